The van der Waals surface area contributed by atoms with E-state index in [1.165, 1.54) is 12.1 Å². The first kappa shape index (κ1) is 19.6. The van der Waals surface area contributed by atoms with Crippen molar-refractivity contribution in [1.82, 2.24) is 15.5 Å². The summed E-state index contributed by atoms with van der Waals surface area (Å²) in [5.41, 5.74) is -0.299. The molecule has 5 nitrogen and oxygen atoms in total. The highest BCUT2D eigenvalue weighted by Crippen LogP contribution is 2.28. The van der Waals surface area contributed by atoms with E-state index < -0.39 is 17.8 Å². The number of urea groups is 1. The van der Waals surface area contributed by atoms with Crippen LogP contribution in [0.4, 0.5) is 18.0 Å². The summed E-state index contributed by atoms with van der Waals surface area (Å²) in [6.45, 7) is 3.04. The smallest absolute Gasteiger partial charge is 0.341 e. The van der Waals surface area contributed by atoms with E-state index in [9.17, 15) is 22.8 Å². The highest BCUT2D eigenvalue weighted by molar-refractivity contribution is 5.78. The first-order chi connectivity index (χ1) is 12.3. The Kier molecular flexibility index (Phi) is 6.50. The summed E-state index contributed by atoms with van der Waals surface area (Å²) in [7, 11) is 0. The lowest BCUT2D eigenvalue weighted by Gasteiger charge is -2.21. The van der Waals surface area contributed by atoms with E-state index in [4.69, 9.17) is 0 Å². The van der Waals surface area contributed by atoms with Crippen LogP contribution in [-0.2, 0) is 11.0 Å². The van der Waals surface area contributed by atoms with Gasteiger partial charge in [0.2, 0.25) is 5.91 Å². The molecule has 0 unspecified atom stereocenters. The van der Waals surface area contributed by atoms with Gasteiger partial charge in [0.15, 0.2) is 0 Å². The second kappa shape index (κ2) is 8.61. The number of nitrogens with zero attached hydrogens (tertiary/aromatic N) is 1. The minimum absolute atomic E-state index is 0.0578. The van der Waals surface area contributed by atoms with Gasteiger partial charge in [-0.25, -0.2) is 4.79 Å². The number of carbonyl (C=O) groups is 2. The van der Waals surface area contributed by atoms with E-state index in [1.807, 2.05) is 0 Å². The van der Waals surface area contributed by atoms with Crippen molar-refractivity contribution >= 4 is 11.9 Å². The van der Waals surface area contributed by atoms with E-state index in [0.717, 1.165) is 18.6 Å². The molecule has 3 amide bonds. The zero-order chi connectivity index (χ0) is 19.2. The van der Waals surface area contributed by atoms with Gasteiger partial charge in [-0.3, -0.25) is 4.79 Å². The molecule has 1 fully saturated rings. The van der Waals surface area contributed by atoms with E-state index in [2.05, 4.69) is 22.5 Å². The maximum Gasteiger partial charge on any atom is 0.416 e. The number of carbonyl (C=O) groups excluding carboxylic acids is 2. The molecule has 1 saturated heterocycles. The first-order valence-electron chi connectivity index (χ1n) is 8.24. The van der Waals surface area contributed by atoms with Crippen molar-refractivity contribution in [3.05, 3.63) is 35.4 Å². The quantitative estimate of drug-likeness (QED) is 0.803. The van der Waals surface area contributed by atoms with E-state index >= 15 is 0 Å². The van der Waals surface area contributed by atoms with Gasteiger partial charge >= 0.3 is 12.2 Å². The van der Waals surface area contributed by atoms with Crippen molar-refractivity contribution in [2.75, 3.05) is 19.6 Å². The zero-order valence-electron chi connectivity index (χ0n) is 14.3. The highest BCUT2D eigenvalue weighted by Gasteiger charge is 2.29. The van der Waals surface area contributed by atoms with Crippen molar-refractivity contribution in [2.24, 2.45) is 0 Å². The lowest BCUT2D eigenvalue weighted by atomic mass is 10.1. The lowest BCUT2D eigenvalue weighted by molar-refractivity contribution is -0.137. The predicted molar refractivity (Wildman–Crippen MR) is 90.1 cm³/mol. The third-order valence-electron chi connectivity index (χ3n) is 3.83. The second-order valence-corrected chi connectivity index (χ2v) is 6.05. The summed E-state index contributed by atoms with van der Waals surface area (Å²) in [5, 5.41) is 5.26. The van der Waals surface area contributed by atoms with Crippen LogP contribution >= 0.6 is 0 Å². The van der Waals surface area contributed by atoms with Crippen molar-refractivity contribution < 1.29 is 22.8 Å². The minimum atomic E-state index is -4.37. The van der Waals surface area contributed by atoms with Crippen LogP contribution < -0.4 is 10.6 Å². The Morgan fingerprint density at radius 3 is 2.58 bits per heavy atom. The molecule has 1 aliphatic rings. The average Bonchev–Trinajstić information content (AvgIpc) is 2.96. The summed E-state index contributed by atoms with van der Waals surface area (Å²) in [4.78, 5) is 25.0. The molecule has 0 aromatic heterocycles. The molecule has 8 heteroatoms. The van der Waals surface area contributed by atoms with E-state index in [0.29, 0.717) is 25.1 Å². The summed E-state index contributed by atoms with van der Waals surface area (Å²) in [6, 6.07) is 3.89. The number of benzene rings is 1. The van der Waals surface area contributed by atoms with Crippen LogP contribution in [-0.4, -0.2) is 42.5 Å². The zero-order valence-corrected chi connectivity index (χ0v) is 14.3. The van der Waals surface area contributed by atoms with Crippen LogP contribution in [0.1, 0.15) is 30.9 Å². The number of nitrogens with one attached hydrogen (secondary N) is 2. The molecular weight excluding hydrogens is 347 g/mol. The third kappa shape index (κ3) is 5.99. The van der Waals surface area contributed by atoms with Gasteiger partial charge < -0.3 is 15.5 Å². The molecular formula is C18H20F3N3O2. The number of alkyl halides is 3. The fourth-order valence-electron chi connectivity index (χ4n) is 2.56. The van der Waals surface area contributed by atoms with Crippen LogP contribution in [0.15, 0.2) is 24.3 Å². The molecule has 26 heavy (non-hydrogen) atoms. The van der Waals surface area contributed by atoms with Gasteiger partial charge in [0.25, 0.3) is 0 Å². The number of hydrogen-bond donors (Lipinski definition) is 2. The molecule has 0 bridgehead atoms. The molecule has 2 N–H and O–H groups in total. The summed E-state index contributed by atoms with van der Waals surface area (Å²) in [6.07, 6.45) is -2.97. The van der Waals surface area contributed by atoms with Gasteiger partial charge in [-0.1, -0.05) is 11.8 Å². The maximum atomic E-state index is 12.5. The van der Waals surface area contributed by atoms with Gasteiger partial charge in [0, 0.05) is 31.1 Å². The van der Waals surface area contributed by atoms with E-state index in [-0.39, 0.29) is 18.5 Å². The molecule has 1 heterocycles. The van der Waals surface area contributed by atoms with Crippen molar-refractivity contribution in [2.45, 2.75) is 32.0 Å². The van der Waals surface area contributed by atoms with E-state index in [1.54, 1.807) is 11.8 Å². The molecule has 0 spiro atoms. The molecule has 0 aliphatic carbocycles. The summed E-state index contributed by atoms with van der Waals surface area (Å²) >= 11 is 0. The minimum Gasteiger partial charge on any atom is -0.341 e. The maximum absolute atomic E-state index is 12.5. The molecule has 1 aromatic rings. The fraction of sp³-hybridized carbons (Fsp3) is 0.444. The van der Waals surface area contributed by atoms with Crippen LogP contribution in [0.25, 0.3) is 0 Å². The fourth-order valence-corrected chi connectivity index (χ4v) is 2.56. The molecule has 2 rings (SSSR count). The standard InChI is InChI=1S/C18H20F3N3O2/c1-13(12-24-11-3-5-16(24)25)23-17(26)22-10-2-4-14-6-8-15(9-7-14)18(19,20)21/h6-9,13H,3,5,10-12H2,1H3,(H2,22,23,26)/t13-/m0/s1. The number of hydrogen-bond acceptors (Lipinski definition) is 2. The highest BCUT2D eigenvalue weighted by atomic mass is 19.4. The summed E-state index contributed by atoms with van der Waals surface area (Å²) in [5.74, 6) is 5.46. The monoisotopic (exact) mass is 367 g/mol. The Balaban J connectivity index is 1.73. The van der Waals surface area contributed by atoms with Gasteiger partial charge in [-0.15, -0.1) is 0 Å². The van der Waals surface area contributed by atoms with Gasteiger partial charge in [-0.2, -0.15) is 13.2 Å². The molecule has 0 saturated carbocycles. The van der Waals surface area contributed by atoms with Crippen molar-refractivity contribution in [3.63, 3.8) is 0 Å². The Hall–Kier alpha value is -2.69. The van der Waals surface area contributed by atoms with Crippen molar-refractivity contribution in [1.29, 1.82) is 0 Å². The number of rotatable bonds is 4. The largest absolute Gasteiger partial charge is 0.416 e. The van der Waals surface area contributed by atoms with Gasteiger partial charge in [0.1, 0.15) is 0 Å². The Labute approximate surface area is 149 Å². The van der Waals surface area contributed by atoms with Crippen molar-refractivity contribution in [3.8, 4) is 11.8 Å². The Morgan fingerprint density at radius 1 is 1.31 bits per heavy atom. The van der Waals surface area contributed by atoms with Gasteiger partial charge in [-0.05, 0) is 37.6 Å². The van der Waals surface area contributed by atoms with Crippen LogP contribution in [0.2, 0.25) is 0 Å². The first-order valence-corrected chi connectivity index (χ1v) is 8.24. The van der Waals surface area contributed by atoms with Crippen LogP contribution in [0, 0.1) is 11.8 Å². The SMILES string of the molecule is C[C@@H](CN1CCCC1=O)NC(=O)NCC#Cc1ccc(C(F)(F)F)cc1. The van der Waals surface area contributed by atoms with Gasteiger partial charge in [0.05, 0.1) is 12.1 Å². The average molecular weight is 367 g/mol. The molecule has 1 aromatic carbocycles. The normalized spacial score (nSPS) is 15.2. The van der Waals surface area contributed by atoms with Crippen LogP contribution in [0.3, 0.4) is 0 Å². The number of amides is 3. The lowest BCUT2D eigenvalue weighted by Crippen LogP contribution is -2.46. The topological polar surface area (TPSA) is 61.4 Å². The summed E-state index contributed by atoms with van der Waals surface area (Å²) < 4.78 is 37.4. The second-order valence-electron chi connectivity index (χ2n) is 6.05. The third-order valence-corrected chi connectivity index (χ3v) is 3.83. The number of likely N-dealkylation sites (tertiary alicyclic amines) is 1. The Morgan fingerprint density at radius 2 is 2.00 bits per heavy atom. The molecule has 1 atom stereocenters. The molecule has 140 valence electrons. The number of halogens is 3. The molecule has 0 radical (unpaired) electrons. The van der Waals surface area contributed by atoms with Crippen LogP contribution in [0.5, 0.6) is 0 Å². The Bertz CT molecular complexity index is 705. The molecule has 1 aliphatic heterocycles. The predicted octanol–water partition coefficient (Wildman–Crippen LogP) is 2.37.